The predicted molar refractivity (Wildman–Crippen MR) is 42.6 cm³/mol. The van der Waals surface area contributed by atoms with Gasteiger partial charge in [-0.3, -0.25) is 4.21 Å². The maximum Gasteiger partial charge on any atom is 0.126 e. The predicted octanol–water partition coefficient (Wildman–Crippen LogP) is 1.08. The van der Waals surface area contributed by atoms with Gasteiger partial charge in [0.05, 0.1) is 16.9 Å². The van der Waals surface area contributed by atoms with E-state index >= 15 is 0 Å². The molecule has 0 aliphatic heterocycles. The Kier molecular flexibility index (Phi) is 5.06. The molecule has 0 heterocycles. The largest absolute Gasteiger partial charge is 0.254 e. The number of rotatable bonds is 3. The van der Waals surface area contributed by atoms with E-state index in [2.05, 4.69) is 0 Å². The van der Waals surface area contributed by atoms with Crippen LogP contribution in [-0.2, 0) is 10.8 Å². The monoisotopic (exact) mass is 168 g/mol. The quantitative estimate of drug-likeness (QED) is 0.592. The van der Waals surface area contributed by atoms with E-state index in [1.54, 1.807) is 12.1 Å². The fourth-order valence-corrected chi connectivity index (χ4v) is 1.38. The van der Waals surface area contributed by atoms with Gasteiger partial charge < -0.3 is 0 Å². The third-order valence-corrected chi connectivity index (χ3v) is 2.42. The van der Waals surface area contributed by atoms with E-state index in [1.165, 1.54) is 0 Å². The summed E-state index contributed by atoms with van der Waals surface area (Å²) in [6.07, 6.45) is 1.78. The second-order valence-electron chi connectivity index (χ2n) is 1.80. The average Bonchev–Trinajstić information content (AvgIpc) is 2.00. The molecule has 0 aromatic heterocycles. The first kappa shape index (κ1) is 9.87. The molecule has 58 valence electrons. The molecule has 0 radical (unpaired) electrons. The summed E-state index contributed by atoms with van der Waals surface area (Å²) >= 11 is 0. The molecule has 1 atom stereocenters. The molecule has 1 unspecified atom stereocenters. The zero-order valence-corrected chi connectivity index (χ0v) is 7.02. The number of hydrogen-bond donors (Lipinski definition) is 0. The van der Waals surface area contributed by atoms with Gasteiger partial charge in [-0.2, -0.15) is 10.5 Å². The highest BCUT2D eigenvalue weighted by atomic mass is 32.2. The first-order valence-corrected chi connectivity index (χ1v) is 4.46. The van der Waals surface area contributed by atoms with E-state index in [0.29, 0.717) is 5.75 Å². The molecule has 0 aromatic rings. The van der Waals surface area contributed by atoms with Crippen LogP contribution in [0.15, 0.2) is 11.0 Å². The smallest absolute Gasteiger partial charge is 0.126 e. The molecule has 0 N–H and O–H groups in total. The molecule has 0 aliphatic carbocycles. The molecule has 0 aromatic carbocycles. The summed E-state index contributed by atoms with van der Waals surface area (Å²) < 4.78 is 11.0. The Bertz CT molecular complexity index is 257. The van der Waals surface area contributed by atoms with Gasteiger partial charge in [0, 0.05) is 11.8 Å². The minimum absolute atomic E-state index is 0.0642. The fourth-order valence-electron chi connectivity index (χ4n) is 0.503. The van der Waals surface area contributed by atoms with Crippen molar-refractivity contribution in [2.45, 2.75) is 13.3 Å². The van der Waals surface area contributed by atoms with E-state index in [-0.39, 0.29) is 4.91 Å². The van der Waals surface area contributed by atoms with Crippen LogP contribution in [-0.4, -0.2) is 9.96 Å². The van der Waals surface area contributed by atoms with Gasteiger partial charge in [0.2, 0.25) is 0 Å². The Balaban J connectivity index is 4.33. The molecule has 11 heavy (non-hydrogen) atoms. The van der Waals surface area contributed by atoms with Crippen molar-refractivity contribution in [1.82, 2.24) is 0 Å². The van der Waals surface area contributed by atoms with Crippen molar-refractivity contribution >= 4 is 10.8 Å². The minimum Gasteiger partial charge on any atom is -0.254 e. The van der Waals surface area contributed by atoms with E-state index in [1.807, 2.05) is 6.92 Å². The van der Waals surface area contributed by atoms with Crippen LogP contribution in [0.1, 0.15) is 13.3 Å². The molecule has 0 rings (SSSR count). The Labute approximate surface area is 68.4 Å². The minimum atomic E-state index is -1.28. The molecule has 0 amide bonds. The van der Waals surface area contributed by atoms with Crippen LogP contribution in [0.5, 0.6) is 0 Å². The average molecular weight is 168 g/mol. The van der Waals surface area contributed by atoms with Gasteiger partial charge in [0.25, 0.3) is 0 Å². The van der Waals surface area contributed by atoms with Crippen molar-refractivity contribution in [3.05, 3.63) is 11.0 Å². The van der Waals surface area contributed by atoms with Crippen molar-refractivity contribution in [1.29, 1.82) is 10.5 Å². The van der Waals surface area contributed by atoms with Crippen LogP contribution < -0.4 is 0 Å². The van der Waals surface area contributed by atoms with Gasteiger partial charge in [-0.15, -0.1) is 0 Å². The number of allylic oxidation sites excluding steroid dienone is 2. The fraction of sp³-hybridized carbons (Fsp3) is 0.429. The van der Waals surface area contributed by atoms with Crippen molar-refractivity contribution in [2.24, 2.45) is 0 Å². The first-order valence-electron chi connectivity index (χ1n) is 3.14. The Hall–Kier alpha value is -1.13. The lowest BCUT2D eigenvalue weighted by Gasteiger charge is -1.92. The highest BCUT2D eigenvalue weighted by Crippen LogP contribution is 2.00. The van der Waals surface area contributed by atoms with Crippen molar-refractivity contribution in [3.63, 3.8) is 0 Å². The van der Waals surface area contributed by atoms with E-state index in [4.69, 9.17) is 10.5 Å². The van der Waals surface area contributed by atoms with Crippen LogP contribution in [0.4, 0.5) is 0 Å². The third-order valence-electron chi connectivity index (χ3n) is 0.941. The number of hydrogen-bond acceptors (Lipinski definition) is 3. The highest BCUT2D eigenvalue weighted by Gasteiger charge is 2.03. The number of nitrogens with zero attached hydrogens (tertiary/aromatic N) is 2. The SMILES string of the molecule is CCCS(=O)C(C#N)=CC#N. The summed E-state index contributed by atoms with van der Waals surface area (Å²) in [5.74, 6) is 0.446. The molecule has 0 spiro atoms. The van der Waals surface area contributed by atoms with Gasteiger partial charge in [-0.25, -0.2) is 0 Å². The molecular weight excluding hydrogens is 160 g/mol. The summed E-state index contributed by atoms with van der Waals surface area (Å²) in [4.78, 5) is 0.0642. The molecule has 0 saturated heterocycles. The maximum atomic E-state index is 11.0. The standard InChI is InChI=1S/C7H8N2OS/c1-2-5-11(10)7(6-9)3-4-8/h3H,2,5H2,1H3. The summed E-state index contributed by atoms with van der Waals surface area (Å²) in [5, 5.41) is 16.6. The van der Waals surface area contributed by atoms with Crippen LogP contribution >= 0.6 is 0 Å². The Morgan fingerprint density at radius 3 is 2.64 bits per heavy atom. The lowest BCUT2D eigenvalue weighted by Crippen LogP contribution is -1.97. The summed E-state index contributed by atoms with van der Waals surface area (Å²) in [5.41, 5.74) is 0. The van der Waals surface area contributed by atoms with Crippen LogP contribution in [0.3, 0.4) is 0 Å². The zero-order valence-electron chi connectivity index (χ0n) is 6.20. The molecule has 0 bridgehead atoms. The second-order valence-corrected chi connectivity index (χ2v) is 3.34. The summed E-state index contributed by atoms with van der Waals surface area (Å²) in [6, 6.07) is 3.41. The van der Waals surface area contributed by atoms with Crippen molar-refractivity contribution in [2.75, 3.05) is 5.75 Å². The van der Waals surface area contributed by atoms with E-state index < -0.39 is 10.8 Å². The van der Waals surface area contributed by atoms with Crippen LogP contribution in [0, 0.1) is 22.7 Å². The molecule has 0 saturated carbocycles. The molecule has 0 aliphatic rings. The Morgan fingerprint density at radius 2 is 2.27 bits per heavy atom. The summed E-state index contributed by atoms with van der Waals surface area (Å²) in [7, 11) is -1.28. The van der Waals surface area contributed by atoms with Gasteiger partial charge in [0.1, 0.15) is 11.0 Å². The summed E-state index contributed by atoms with van der Waals surface area (Å²) in [6.45, 7) is 1.87. The van der Waals surface area contributed by atoms with E-state index in [9.17, 15) is 4.21 Å². The molecule has 3 nitrogen and oxygen atoms in total. The van der Waals surface area contributed by atoms with Crippen LogP contribution in [0.2, 0.25) is 0 Å². The van der Waals surface area contributed by atoms with Gasteiger partial charge in [-0.05, 0) is 6.42 Å². The lowest BCUT2D eigenvalue weighted by atomic mass is 10.5. The topological polar surface area (TPSA) is 64.7 Å². The van der Waals surface area contributed by atoms with Crippen molar-refractivity contribution in [3.8, 4) is 12.1 Å². The zero-order chi connectivity index (χ0) is 8.69. The maximum absolute atomic E-state index is 11.0. The van der Waals surface area contributed by atoms with Gasteiger partial charge in [0.15, 0.2) is 0 Å². The molecular formula is C7H8N2OS. The van der Waals surface area contributed by atoms with Gasteiger partial charge in [-0.1, -0.05) is 6.92 Å². The third kappa shape index (κ3) is 3.54. The van der Waals surface area contributed by atoms with E-state index in [0.717, 1.165) is 12.5 Å². The Morgan fingerprint density at radius 1 is 1.64 bits per heavy atom. The highest BCUT2D eigenvalue weighted by molar-refractivity contribution is 7.89. The second kappa shape index (κ2) is 5.64. The first-order chi connectivity index (χ1) is 5.26. The van der Waals surface area contributed by atoms with Gasteiger partial charge >= 0.3 is 0 Å². The molecule has 0 fully saturated rings. The number of nitriles is 2. The van der Waals surface area contributed by atoms with Crippen molar-refractivity contribution < 1.29 is 4.21 Å². The van der Waals surface area contributed by atoms with Crippen LogP contribution in [0.25, 0.3) is 0 Å². The lowest BCUT2D eigenvalue weighted by molar-refractivity contribution is 0.686. The normalized spacial score (nSPS) is 13.2. The molecule has 4 heteroatoms.